The molecule has 36 heavy (non-hydrogen) atoms. The Morgan fingerprint density at radius 2 is 1.47 bits per heavy atom. The van der Waals surface area contributed by atoms with Crippen LogP contribution < -0.4 is 34.9 Å². The third kappa shape index (κ3) is 18.8. The second kappa shape index (κ2) is 16.5. The molecule has 1 N–H and O–H groups in total. The van der Waals surface area contributed by atoms with Crippen LogP contribution in [0.1, 0.15) is 32.8 Å². The van der Waals surface area contributed by atoms with Crippen molar-refractivity contribution in [1.29, 1.82) is 0 Å². The third-order valence-electron chi connectivity index (χ3n) is 4.35. The standard InChI is InChI=1S/C9H18NO.C7H13NO4S.C7H8O3S.Na/c1-6-8(9(11)7-2)10(3,4)5;1-4-6(9)8-7(2,3)5-13(10,11)12;1-6-2-4-7(5-3-6)11(8,9)10;/h7-8H,2,6H2,1,3-5H3;4H,1,5H2,2-3H3,(H,8,9)(H,10,11,12);2-5H,1H3,(H,8,9,10);/q+1;;;+1/p-2. The average molecular weight is 557 g/mol. The molecule has 0 spiro atoms. The largest absolute Gasteiger partial charge is 1.00 e. The molecule has 200 valence electrons. The first-order valence-corrected chi connectivity index (χ1v) is 13.5. The van der Waals surface area contributed by atoms with Crippen molar-refractivity contribution in [3.05, 3.63) is 55.1 Å². The molecule has 0 radical (unpaired) electrons. The van der Waals surface area contributed by atoms with E-state index in [0.717, 1.165) is 18.1 Å². The van der Waals surface area contributed by atoms with Gasteiger partial charge < -0.3 is 18.9 Å². The zero-order valence-electron chi connectivity index (χ0n) is 22.4. The number of likely N-dealkylation sites (N-methyl/N-ethyl adjacent to an activating group) is 1. The van der Waals surface area contributed by atoms with Gasteiger partial charge in [0, 0.05) is 12.0 Å². The van der Waals surface area contributed by atoms with Crippen LogP contribution in [0.25, 0.3) is 0 Å². The second-order valence-electron chi connectivity index (χ2n) is 9.19. The summed E-state index contributed by atoms with van der Waals surface area (Å²) >= 11 is 0. The quantitative estimate of drug-likeness (QED) is 0.171. The van der Waals surface area contributed by atoms with E-state index < -0.39 is 37.4 Å². The van der Waals surface area contributed by atoms with E-state index in [-0.39, 0.29) is 46.3 Å². The van der Waals surface area contributed by atoms with Crippen molar-refractivity contribution in [2.75, 3.05) is 26.9 Å². The average Bonchev–Trinajstić information content (AvgIpc) is 2.65. The van der Waals surface area contributed by atoms with E-state index >= 15 is 0 Å². The summed E-state index contributed by atoms with van der Waals surface area (Å²) in [6.45, 7) is 13.4. The molecule has 0 aliphatic carbocycles. The van der Waals surface area contributed by atoms with Gasteiger partial charge in [0.1, 0.15) is 10.1 Å². The van der Waals surface area contributed by atoms with Crippen LogP contribution in [-0.2, 0) is 29.8 Å². The van der Waals surface area contributed by atoms with Gasteiger partial charge in [0.2, 0.25) is 11.7 Å². The molecule has 13 heteroatoms. The topological polar surface area (TPSA) is 161 Å². The van der Waals surface area contributed by atoms with E-state index in [1.807, 2.05) is 35.0 Å². The number of benzene rings is 1. The van der Waals surface area contributed by atoms with E-state index in [9.17, 15) is 35.5 Å². The number of aryl methyl sites for hydroxylation is 1. The number of nitrogens with one attached hydrogen (secondary N) is 1. The van der Waals surface area contributed by atoms with Crippen molar-refractivity contribution in [3.63, 3.8) is 0 Å². The number of carbonyl (C=O) groups is 2. The maximum Gasteiger partial charge on any atom is 1.00 e. The Bertz CT molecular complexity index is 1080. The van der Waals surface area contributed by atoms with Crippen LogP contribution in [0.5, 0.6) is 0 Å². The summed E-state index contributed by atoms with van der Waals surface area (Å²) in [5.74, 6) is -1.01. The molecular formula is C23H37N2NaO8S2. The summed E-state index contributed by atoms with van der Waals surface area (Å²) in [6, 6.07) is 5.85. The summed E-state index contributed by atoms with van der Waals surface area (Å²) in [6.07, 6.45) is 3.30. The van der Waals surface area contributed by atoms with Crippen molar-refractivity contribution in [3.8, 4) is 0 Å². The van der Waals surface area contributed by atoms with E-state index in [4.69, 9.17) is 0 Å². The minimum Gasteiger partial charge on any atom is -0.748 e. The van der Waals surface area contributed by atoms with Crippen LogP contribution in [0.15, 0.2) is 54.5 Å². The number of hydrogen-bond acceptors (Lipinski definition) is 8. The Labute approximate surface area is 238 Å². The first-order valence-electron chi connectivity index (χ1n) is 10.5. The molecule has 0 aliphatic rings. The molecule has 10 nitrogen and oxygen atoms in total. The third-order valence-corrected chi connectivity index (χ3v) is 6.27. The number of hydrogen-bond donors (Lipinski definition) is 1. The molecule has 0 saturated heterocycles. The molecule has 1 unspecified atom stereocenters. The summed E-state index contributed by atoms with van der Waals surface area (Å²) in [5.41, 5.74) is -0.135. The van der Waals surface area contributed by atoms with Crippen LogP contribution in [0.4, 0.5) is 0 Å². The number of quaternary nitrogens is 1. The number of carbonyl (C=O) groups excluding carboxylic acids is 2. The molecule has 0 bridgehead atoms. The Balaban J connectivity index is -0.000000449. The number of ketones is 1. The van der Waals surface area contributed by atoms with Crippen molar-refractivity contribution >= 4 is 31.9 Å². The van der Waals surface area contributed by atoms with E-state index in [0.29, 0.717) is 4.48 Å². The van der Waals surface area contributed by atoms with E-state index in [2.05, 4.69) is 18.5 Å². The Morgan fingerprint density at radius 3 is 1.72 bits per heavy atom. The monoisotopic (exact) mass is 556 g/mol. The zero-order chi connectivity index (χ0) is 28.3. The summed E-state index contributed by atoms with van der Waals surface area (Å²) in [5, 5.41) is 2.33. The van der Waals surface area contributed by atoms with Gasteiger partial charge in [-0.15, -0.1) is 0 Å². The van der Waals surface area contributed by atoms with Gasteiger partial charge in [-0.1, -0.05) is 37.8 Å². The van der Waals surface area contributed by atoms with Crippen molar-refractivity contribution in [1.82, 2.24) is 5.32 Å². The number of nitrogens with zero attached hydrogens (tertiary/aromatic N) is 1. The molecule has 1 rings (SSSR count). The maximum absolute atomic E-state index is 11.3. The van der Waals surface area contributed by atoms with Gasteiger partial charge in [-0.05, 0) is 45.1 Å². The van der Waals surface area contributed by atoms with Crippen LogP contribution in [-0.4, -0.2) is 80.6 Å². The van der Waals surface area contributed by atoms with Crippen molar-refractivity contribution in [2.45, 2.75) is 50.6 Å². The molecule has 1 aromatic carbocycles. The van der Waals surface area contributed by atoms with E-state index in [1.54, 1.807) is 12.1 Å². The predicted octanol–water partition coefficient (Wildman–Crippen LogP) is -1.26. The fourth-order valence-electron chi connectivity index (χ4n) is 2.83. The van der Waals surface area contributed by atoms with Gasteiger partial charge in [-0.3, -0.25) is 9.59 Å². The van der Waals surface area contributed by atoms with Gasteiger partial charge in [0.25, 0.3) is 0 Å². The molecule has 0 fully saturated rings. The second-order valence-corrected chi connectivity index (χ2v) is 12.0. The fraction of sp³-hybridized carbons (Fsp3) is 0.478. The smallest absolute Gasteiger partial charge is 0.748 e. The molecule has 1 amide bonds. The molecule has 0 aromatic heterocycles. The summed E-state index contributed by atoms with van der Waals surface area (Å²) in [4.78, 5) is 21.9. The predicted molar refractivity (Wildman–Crippen MR) is 133 cm³/mol. The first kappa shape index (κ1) is 39.1. The number of rotatable bonds is 9. The molecule has 1 aromatic rings. The summed E-state index contributed by atoms with van der Waals surface area (Å²) < 4.78 is 63.0. The van der Waals surface area contributed by atoms with Gasteiger partial charge in [0.05, 0.1) is 41.9 Å². The molecule has 0 heterocycles. The Kier molecular flexibility index (Phi) is 17.9. The van der Waals surface area contributed by atoms with Gasteiger partial charge >= 0.3 is 29.6 Å². The van der Waals surface area contributed by atoms with Gasteiger partial charge in [-0.2, -0.15) is 0 Å². The molecule has 1 atom stereocenters. The molecular weight excluding hydrogens is 519 g/mol. The fourth-order valence-corrected chi connectivity index (χ4v) is 4.26. The van der Waals surface area contributed by atoms with Crippen LogP contribution in [0, 0.1) is 6.92 Å². The Morgan fingerprint density at radius 1 is 1.03 bits per heavy atom. The molecule has 0 saturated carbocycles. The van der Waals surface area contributed by atoms with Crippen LogP contribution in [0.3, 0.4) is 0 Å². The summed E-state index contributed by atoms with van der Waals surface area (Å²) in [7, 11) is -2.53. The van der Waals surface area contributed by atoms with Crippen molar-refractivity contribution < 1.29 is 69.6 Å². The van der Waals surface area contributed by atoms with E-state index in [1.165, 1.54) is 32.1 Å². The molecule has 0 aliphatic heterocycles. The van der Waals surface area contributed by atoms with Gasteiger partial charge in [-0.25, -0.2) is 16.8 Å². The number of amides is 1. The minimum absolute atomic E-state index is 0. The maximum atomic E-state index is 11.3. The zero-order valence-corrected chi connectivity index (χ0v) is 26.0. The van der Waals surface area contributed by atoms with Crippen LogP contribution in [0.2, 0.25) is 0 Å². The van der Waals surface area contributed by atoms with Gasteiger partial charge in [0.15, 0.2) is 6.04 Å². The van der Waals surface area contributed by atoms with Crippen LogP contribution >= 0.6 is 0 Å². The van der Waals surface area contributed by atoms with Crippen molar-refractivity contribution in [2.24, 2.45) is 0 Å². The first-order chi connectivity index (χ1) is 15.6. The Hall–Kier alpha value is -1.38. The minimum atomic E-state index is -4.33. The SMILES string of the molecule is C=CC(=O)C(CC)[N+](C)(C)C.C=CC(=O)NC(C)(C)CS(=O)(=O)[O-].Cc1ccc(S(=O)(=O)[O-])cc1.[Na+]. The normalized spacial score (nSPS) is 12.2.